The molecule has 1 aromatic rings. The Hall–Kier alpha value is -1.56. The first kappa shape index (κ1) is 15.8. The molecular formula is C15H22N2O3S. The largest absolute Gasteiger partial charge is 0.481 e. The second-order valence-corrected chi connectivity index (χ2v) is 6.59. The van der Waals surface area contributed by atoms with Crippen LogP contribution in [0, 0.1) is 0 Å². The number of hydrogen-bond acceptors (Lipinski definition) is 3. The first-order valence-electron chi connectivity index (χ1n) is 7.38. The first-order valence-corrected chi connectivity index (χ1v) is 8.26. The molecule has 3 N–H and O–H groups in total. The fourth-order valence-electron chi connectivity index (χ4n) is 2.97. The first-order chi connectivity index (χ1) is 10.0. The van der Waals surface area contributed by atoms with Crippen molar-refractivity contribution >= 4 is 23.3 Å². The van der Waals surface area contributed by atoms with Crippen molar-refractivity contribution in [2.24, 2.45) is 0 Å². The molecule has 1 heterocycles. The summed E-state index contributed by atoms with van der Waals surface area (Å²) in [5.41, 5.74) is 0.681. The number of carboxylic acids is 1. The molecule has 1 fully saturated rings. The Bertz CT molecular complexity index is 507. The zero-order valence-electron chi connectivity index (χ0n) is 12.3. The number of aryl methyl sites for hydroxylation is 1. The summed E-state index contributed by atoms with van der Waals surface area (Å²) in [6.07, 6.45) is 4.37. The van der Waals surface area contributed by atoms with Gasteiger partial charge in [-0.05, 0) is 36.3 Å². The van der Waals surface area contributed by atoms with Crippen molar-refractivity contribution in [3.05, 3.63) is 21.9 Å². The Morgan fingerprint density at radius 3 is 2.71 bits per heavy atom. The number of carbonyl (C=O) groups excluding carboxylic acids is 1. The van der Waals surface area contributed by atoms with E-state index in [0.717, 1.165) is 37.0 Å². The van der Waals surface area contributed by atoms with E-state index in [1.807, 2.05) is 5.38 Å². The normalized spacial score (nSPS) is 16.6. The highest BCUT2D eigenvalue weighted by Gasteiger charge is 2.37. The number of thiophene rings is 1. The van der Waals surface area contributed by atoms with Crippen molar-refractivity contribution in [1.29, 1.82) is 0 Å². The minimum Gasteiger partial charge on any atom is -0.481 e. The van der Waals surface area contributed by atoms with E-state index in [0.29, 0.717) is 6.54 Å². The predicted molar refractivity (Wildman–Crippen MR) is 82.5 cm³/mol. The van der Waals surface area contributed by atoms with E-state index >= 15 is 0 Å². The van der Waals surface area contributed by atoms with Crippen molar-refractivity contribution in [1.82, 2.24) is 10.6 Å². The van der Waals surface area contributed by atoms with E-state index in [1.54, 1.807) is 11.3 Å². The Labute approximate surface area is 128 Å². The second-order valence-electron chi connectivity index (χ2n) is 5.59. The fourth-order valence-corrected chi connectivity index (χ4v) is 3.89. The zero-order chi connectivity index (χ0) is 15.3. The highest BCUT2D eigenvalue weighted by Crippen LogP contribution is 2.32. The summed E-state index contributed by atoms with van der Waals surface area (Å²) in [5, 5.41) is 16.8. The third-order valence-electron chi connectivity index (χ3n) is 4.06. The topological polar surface area (TPSA) is 78.4 Å². The maximum Gasteiger partial charge on any atom is 0.315 e. The number of aliphatic carboxylic acids is 1. The third-order valence-corrected chi connectivity index (χ3v) is 5.02. The number of amides is 2. The van der Waals surface area contributed by atoms with Crippen LogP contribution in [0.3, 0.4) is 0 Å². The van der Waals surface area contributed by atoms with E-state index in [-0.39, 0.29) is 12.5 Å². The fraction of sp³-hybridized carbons (Fsp3) is 0.600. The van der Waals surface area contributed by atoms with Gasteiger partial charge in [0.2, 0.25) is 0 Å². The summed E-state index contributed by atoms with van der Waals surface area (Å²) in [7, 11) is 0. The van der Waals surface area contributed by atoms with Gasteiger partial charge in [-0.2, -0.15) is 0 Å². The molecule has 0 radical (unpaired) electrons. The van der Waals surface area contributed by atoms with E-state index in [4.69, 9.17) is 5.11 Å². The quantitative estimate of drug-likeness (QED) is 0.756. The van der Waals surface area contributed by atoms with Gasteiger partial charge >= 0.3 is 12.0 Å². The summed E-state index contributed by atoms with van der Waals surface area (Å²) in [5.74, 6) is -0.858. The second kappa shape index (κ2) is 6.93. The molecule has 1 aliphatic carbocycles. The smallest absolute Gasteiger partial charge is 0.315 e. The molecule has 0 spiro atoms. The van der Waals surface area contributed by atoms with Crippen molar-refractivity contribution in [2.45, 2.75) is 57.5 Å². The molecule has 21 heavy (non-hydrogen) atoms. The van der Waals surface area contributed by atoms with Crippen LogP contribution in [-0.2, 0) is 17.8 Å². The molecule has 0 aliphatic heterocycles. The molecule has 2 rings (SSSR count). The molecule has 1 aliphatic rings. The standard InChI is InChI=1S/C15H22N2O3S/c1-2-11-5-8-21-12(11)10-16-14(20)17-15(9-13(18)19)6-3-4-7-15/h5,8H,2-4,6-7,9-10H2,1H3,(H,18,19)(H2,16,17,20). The van der Waals surface area contributed by atoms with Gasteiger partial charge < -0.3 is 15.7 Å². The van der Waals surface area contributed by atoms with Gasteiger partial charge in [-0.25, -0.2) is 4.79 Å². The molecule has 1 saturated carbocycles. The average Bonchev–Trinajstić information content (AvgIpc) is 3.04. The van der Waals surface area contributed by atoms with E-state index < -0.39 is 11.5 Å². The average molecular weight is 310 g/mol. The number of urea groups is 1. The van der Waals surface area contributed by atoms with Crippen LogP contribution < -0.4 is 10.6 Å². The Balaban J connectivity index is 1.89. The summed E-state index contributed by atoms with van der Waals surface area (Å²) in [6, 6.07) is 1.80. The molecule has 116 valence electrons. The minimum absolute atomic E-state index is 0.000365. The number of rotatable bonds is 6. The summed E-state index contributed by atoms with van der Waals surface area (Å²) in [6.45, 7) is 2.59. The van der Waals surface area contributed by atoms with Crippen molar-refractivity contribution < 1.29 is 14.7 Å². The van der Waals surface area contributed by atoms with Crippen LogP contribution in [0.15, 0.2) is 11.4 Å². The molecule has 0 atom stereocenters. The lowest BCUT2D eigenvalue weighted by Gasteiger charge is -2.28. The Kier molecular flexibility index (Phi) is 5.22. The van der Waals surface area contributed by atoms with E-state index in [1.165, 1.54) is 5.56 Å². The van der Waals surface area contributed by atoms with Gasteiger partial charge in [-0.1, -0.05) is 19.8 Å². The molecule has 0 bridgehead atoms. The van der Waals surface area contributed by atoms with Gasteiger partial charge in [0.15, 0.2) is 0 Å². The highest BCUT2D eigenvalue weighted by atomic mass is 32.1. The molecular weight excluding hydrogens is 288 g/mol. The minimum atomic E-state index is -0.858. The molecule has 0 unspecified atom stereocenters. The molecule has 0 aromatic carbocycles. The number of hydrogen-bond donors (Lipinski definition) is 3. The zero-order valence-corrected chi connectivity index (χ0v) is 13.1. The summed E-state index contributed by atoms with van der Waals surface area (Å²) >= 11 is 1.63. The van der Waals surface area contributed by atoms with Crippen LogP contribution >= 0.6 is 11.3 Å². The lowest BCUT2D eigenvalue weighted by atomic mass is 9.93. The molecule has 5 nitrogen and oxygen atoms in total. The van der Waals surface area contributed by atoms with E-state index in [2.05, 4.69) is 23.6 Å². The predicted octanol–water partition coefficient (Wildman–Crippen LogP) is 2.90. The van der Waals surface area contributed by atoms with Crippen LogP contribution in [-0.4, -0.2) is 22.6 Å². The van der Waals surface area contributed by atoms with Crippen LogP contribution in [0.5, 0.6) is 0 Å². The van der Waals surface area contributed by atoms with Gasteiger partial charge in [0.25, 0.3) is 0 Å². The summed E-state index contributed by atoms with van der Waals surface area (Å²) in [4.78, 5) is 24.2. The number of carbonyl (C=O) groups is 2. The van der Waals surface area contributed by atoms with Gasteiger partial charge in [-0.15, -0.1) is 11.3 Å². The SMILES string of the molecule is CCc1ccsc1CNC(=O)NC1(CC(=O)O)CCCC1. The Morgan fingerprint density at radius 2 is 2.10 bits per heavy atom. The summed E-state index contributed by atoms with van der Waals surface area (Å²) < 4.78 is 0. The van der Waals surface area contributed by atoms with Crippen LogP contribution in [0.1, 0.15) is 49.5 Å². The van der Waals surface area contributed by atoms with Crippen LogP contribution in [0.4, 0.5) is 4.79 Å². The van der Waals surface area contributed by atoms with Gasteiger partial charge in [-0.3, -0.25) is 4.79 Å². The molecule has 6 heteroatoms. The van der Waals surface area contributed by atoms with Crippen LogP contribution in [0.2, 0.25) is 0 Å². The third kappa shape index (κ3) is 4.20. The van der Waals surface area contributed by atoms with Crippen molar-refractivity contribution in [2.75, 3.05) is 0 Å². The maximum atomic E-state index is 12.1. The lowest BCUT2D eigenvalue weighted by molar-refractivity contribution is -0.138. The van der Waals surface area contributed by atoms with Crippen molar-refractivity contribution in [3.63, 3.8) is 0 Å². The van der Waals surface area contributed by atoms with Gasteiger partial charge in [0.1, 0.15) is 0 Å². The lowest BCUT2D eigenvalue weighted by Crippen LogP contribution is -2.51. The monoisotopic (exact) mass is 310 g/mol. The number of nitrogens with one attached hydrogen (secondary N) is 2. The molecule has 2 amide bonds. The van der Waals surface area contributed by atoms with Crippen LogP contribution in [0.25, 0.3) is 0 Å². The van der Waals surface area contributed by atoms with Gasteiger partial charge in [0, 0.05) is 4.88 Å². The highest BCUT2D eigenvalue weighted by molar-refractivity contribution is 7.10. The Morgan fingerprint density at radius 1 is 1.38 bits per heavy atom. The number of carboxylic acid groups (broad SMARTS) is 1. The molecule has 0 saturated heterocycles. The maximum absolute atomic E-state index is 12.1. The molecule has 1 aromatic heterocycles. The van der Waals surface area contributed by atoms with Gasteiger partial charge in [0.05, 0.1) is 18.5 Å². The van der Waals surface area contributed by atoms with E-state index in [9.17, 15) is 9.59 Å². The van der Waals surface area contributed by atoms with Crippen molar-refractivity contribution in [3.8, 4) is 0 Å².